The third-order valence-corrected chi connectivity index (χ3v) is 7.28. The number of hydrogen-bond donors (Lipinski definition) is 1. The van der Waals surface area contributed by atoms with E-state index < -0.39 is 39.9 Å². The molecule has 1 amide bonds. The second-order valence-electron chi connectivity index (χ2n) is 7.69. The van der Waals surface area contributed by atoms with Crippen molar-refractivity contribution in [2.75, 3.05) is 38.2 Å². The van der Waals surface area contributed by atoms with Crippen LogP contribution in [0.4, 0.5) is 10.1 Å². The first-order valence-electron chi connectivity index (χ1n) is 10.8. The third-order valence-electron chi connectivity index (χ3n) is 5.39. The molecule has 1 aliphatic rings. The van der Waals surface area contributed by atoms with Crippen LogP contribution in [0, 0.1) is 5.82 Å². The van der Waals surface area contributed by atoms with Gasteiger partial charge in [0.05, 0.1) is 23.7 Å². The van der Waals surface area contributed by atoms with Crippen molar-refractivity contribution in [2.24, 2.45) is 0 Å². The highest BCUT2D eigenvalue weighted by Gasteiger charge is 2.28. The minimum Gasteiger partial charge on any atom is -0.452 e. The molecule has 0 unspecified atom stereocenters. The number of esters is 1. The number of ether oxygens (including phenoxy) is 2. The molecule has 0 aromatic heterocycles. The summed E-state index contributed by atoms with van der Waals surface area (Å²) in [5.74, 6) is -2.72. The molecular formula is C25H23FN2O6S. The average Bonchev–Trinajstić information content (AvgIpc) is 2.89. The second-order valence-corrected chi connectivity index (χ2v) is 9.63. The molecule has 1 saturated heterocycles. The molecule has 35 heavy (non-hydrogen) atoms. The van der Waals surface area contributed by atoms with Gasteiger partial charge in [-0.1, -0.05) is 48.5 Å². The summed E-state index contributed by atoms with van der Waals surface area (Å²) < 4.78 is 51.3. The predicted octanol–water partition coefficient (Wildman–Crippen LogP) is 3.31. The topological polar surface area (TPSA) is 102 Å². The lowest BCUT2D eigenvalue weighted by atomic mass is 10.0. The highest BCUT2D eigenvalue weighted by Crippen LogP contribution is 2.27. The van der Waals surface area contributed by atoms with Crippen molar-refractivity contribution in [1.29, 1.82) is 0 Å². The van der Waals surface area contributed by atoms with E-state index in [0.717, 1.165) is 29.3 Å². The van der Waals surface area contributed by atoms with Gasteiger partial charge in [-0.2, -0.15) is 4.31 Å². The van der Waals surface area contributed by atoms with E-state index in [1.54, 1.807) is 12.1 Å². The van der Waals surface area contributed by atoms with Crippen molar-refractivity contribution in [1.82, 2.24) is 4.31 Å². The lowest BCUT2D eigenvalue weighted by Gasteiger charge is -2.26. The summed E-state index contributed by atoms with van der Waals surface area (Å²) in [6.45, 7) is 0.131. The maximum Gasteiger partial charge on any atom is 0.341 e. The monoisotopic (exact) mass is 498 g/mol. The molecule has 0 saturated carbocycles. The molecule has 3 aromatic rings. The van der Waals surface area contributed by atoms with E-state index in [-0.39, 0.29) is 31.2 Å². The Labute approximate surface area is 202 Å². The predicted molar refractivity (Wildman–Crippen MR) is 127 cm³/mol. The van der Waals surface area contributed by atoms with Gasteiger partial charge >= 0.3 is 5.97 Å². The minimum atomic E-state index is -3.94. The van der Waals surface area contributed by atoms with Crippen LogP contribution in [-0.2, 0) is 24.3 Å². The molecule has 1 heterocycles. The first-order chi connectivity index (χ1) is 16.9. The SMILES string of the molecule is O=C(COC(=O)c1cc(S(=O)(=O)N2CCOCC2)ccc1F)Nc1ccccc1-c1ccccc1. The quantitative estimate of drug-likeness (QED) is 0.502. The van der Waals surface area contributed by atoms with E-state index in [1.807, 2.05) is 42.5 Å². The number of morpholine rings is 1. The smallest absolute Gasteiger partial charge is 0.341 e. The Hall–Kier alpha value is -3.60. The number of amides is 1. The molecule has 182 valence electrons. The van der Waals surface area contributed by atoms with E-state index in [2.05, 4.69) is 5.32 Å². The van der Waals surface area contributed by atoms with Crippen LogP contribution in [0.25, 0.3) is 11.1 Å². The summed E-state index contributed by atoms with van der Waals surface area (Å²) in [6, 6.07) is 19.4. The molecule has 0 aliphatic carbocycles. The van der Waals surface area contributed by atoms with Gasteiger partial charge in [-0.3, -0.25) is 4.79 Å². The van der Waals surface area contributed by atoms with Crippen LogP contribution < -0.4 is 5.32 Å². The first kappa shape index (κ1) is 24.5. The first-order valence-corrected chi connectivity index (χ1v) is 12.3. The van der Waals surface area contributed by atoms with Gasteiger partial charge in [0.25, 0.3) is 5.91 Å². The van der Waals surface area contributed by atoms with E-state index in [4.69, 9.17) is 9.47 Å². The number of rotatable bonds is 7. The van der Waals surface area contributed by atoms with Gasteiger partial charge in [0, 0.05) is 24.3 Å². The summed E-state index contributed by atoms with van der Waals surface area (Å²) in [4.78, 5) is 24.7. The highest BCUT2D eigenvalue weighted by atomic mass is 32.2. The van der Waals surface area contributed by atoms with Gasteiger partial charge in [0.15, 0.2) is 6.61 Å². The maximum absolute atomic E-state index is 14.3. The summed E-state index contributed by atoms with van der Waals surface area (Å²) in [5, 5.41) is 2.68. The third kappa shape index (κ3) is 5.73. The number of carbonyl (C=O) groups excluding carboxylic acids is 2. The molecule has 3 aromatic carbocycles. The summed E-state index contributed by atoms with van der Waals surface area (Å²) in [6.07, 6.45) is 0. The van der Waals surface area contributed by atoms with Gasteiger partial charge in [-0.05, 0) is 29.8 Å². The number of para-hydroxylation sites is 1. The van der Waals surface area contributed by atoms with Gasteiger partial charge in [0.1, 0.15) is 5.82 Å². The van der Waals surface area contributed by atoms with Crippen LogP contribution in [0.2, 0.25) is 0 Å². The summed E-state index contributed by atoms with van der Waals surface area (Å²) in [7, 11) is -3.94. The number of hydrogen-bond acceptors (Lipinski definition) is 6. The van der Waals surface area contributed by atoms with Gasteiger partial charge in [-0.25, -0.2) is 17.6 Å². The Kier molecular flexibility index (Phi) is 7.54. The van der Waals surface area contributed by atoms with Gasteiger partial charge in [-0.15, -0.1) is 0 Å². The standard InChI is InChI=1S/C25H23FN2O6S/c26-22-11-10-19(35(31,32)28-12-14-33-15-13-28)16-21(22)25(30)34-17-24(29)27-23-9-5-4-8-20(23)18-6-2-1-3-7-18/h1-11,16H,12-15,17H2,(H,27,29). The number of sulfonamides is 1. The van der Waals surface area contributed by atoms with Gasteiger partial charge < -0.3 is 14.8 Å². The number of carbonyl (C=O) groups is 2. The Bertz CT molecular complexity index is 1320. The van der Waals surface area contributed by atoms with E-state index >= 15 is 0 Å². The van der Waals surface area contributed by atoms with Crippen molar-refractivity contribution >= 4 is 27.6 Å². The zero-order chi connectivity index (χ0) is 24.8. The van der Waals surface area contributed by atoms with Crippen LogP contribution in [0.5, 0.6) is 0 Å². The van der Waals surface area contributed by atoms with Crippen LogP contribution in [-0.4, -0.2) is 57.5 Å². The highest BCUT2D eigenvalue weighted by molar-refractivity contribution is 7.89. The molecule has 4 rings (SSSR count). The Morgan fingerprint density at radius 2 is 1.66 bits per heavy atom. The van der Waals surface area contributed by atoms with Crippen LogP contribution in [0.3, 0.4) is 0 Å². The van der Waals surface area contributed by atoms with E-state index in [9.17, 15) is 22.4 Å². The fraction of sp³-hybridized carbons (Fsp3) is 0.200. The van der Waals surface area contributed by atoms with Crippen LogP contribution in [0.1, 0.15) is 10.4 Å². The number of nitrogens with zero attached hydrogens (tertiary/aromatic N) is 1. The molecule has 8 nitrogen and oxygen atoms in total. The molecule has 0 atom stereocenters. The van der Waals surface area contributed by atoms with Gasteiger partial charge in [0.2, 0.25) is 10.0 Å². The molecule has 0 radical (unpaired) electrons. The molecule has 1 fully saturated rings. The number of halogens is 1. The minimum absolute atomic E-state index is 0.157. The fourth-order valence-electron chi connectivity index (χ4n) is 3.61. The Morgan fingerprint density at radius 1 is 0.971 bits per heavy atom. The number of nitrogens with one attached hydrogen (secondary N) is 1. The zero-order valence-electron chi connectivity index (χ0n) is 18.6. The van der Waals surface area contributed by atoms with Crippen LogP contribution in [0.15, 0.2) is 77.7 Å². The molecule has 1 aliphatic heterocycles. The number of benzene rings is 3. The second kappa shape index (κ2) is 10.8. The van der Waals surface area contributed by atoms with E-state index in [1.165, 1.54) is 4.31 Å². The molecule has 0 bridgehead atoms. The van der Waals surface area contributed by atoms with Crippen molar-refractivity contribution < 1.29 is 31.9 Å². The normalized spacial score (nSPS) is 14.3. The van der Waals surface area contributed by atoms with Crippen molar-refractivity contribution in [3.05, 3.63) is 84.2 Å². The molecular weight excluding hydrogens is 475 g/mol. The maximum atomic E-state index is 14.3. The van der Waals surface area contributed by atoms with Crippen molar-refractivity contribution in [3.8, 4) is 11.1 Å². The molecule has 1 N–H and O–H groups in total. The Morgan fingerprint density at radius 3 is 2.40 bits per heavy atom. The molecule has 0 spiro atoms. The van der Waals surface area contributed by atoms with Crippen LogP contribution >= 0.6 is 0 Å². The lowest BCUT2D eigenvalue weighted by molar-refractivity contribution is -0.119. The largest absolute Gasteiger partial charge is 0.452 e. The molecule has 10 heteroatoms. The zero-order valence-corrected chi connectivity index (χ0v) is 19.5. The average molecular weight is 499 g/mol. The van der Waals surface area contributed by atoms with E-state index in [0.29, 0.717) is 5.69 Å². The summed E-state index contributed by atoms with van der Waals surface area (Å²) in [5.41, 5.74) is 1.61. The van der Waals surface area contributed by atoms with Crippen molar-refractivity contribution in [3.63, 3.8) is 0 Å². The fourth-order valence-corrected chi connectivity index (χ4v) is 5.05. The van der Waals surface area contributed by atoms with Crippen molar-refractivity contribution in [2.45, 2.75) is 4.90 Å². The Balaban J connectivity index is 1.44. The lowest BCUT2D eigenvalue weighted by Crippen LogP contribution is -2.40. The number of anilines is 1. The summed E-state index contributed by atoms with van der Waals surface area (Å²) >= 11 is 0.